The monoisotopic (exact) mass is 339 g/mol. The van der Waals surface area contributed by atoms with Crippen molar-refractivity contribution in [3.8, 4) is 5.75 Å². The first-order chi connectivity index (χ1) is 12.2. The summed E-state index contributed by atoms with van der Waals surface area (Å²) < 4.78 is 5.55. The molecule has 0 radical (unpaired) electrons. The van der Waals surface area contributed by atoms with Crippen molar-refractivity contribution in [2.24, 2.45) is 0 Å². The second-order valence-electron chi connectivity index (χ2n) is 6.55. The molecule has 0 bridgehead atoms. The summed E-state index contributed by atoms with van der Waals surface area (Å²) in [6.45, 7) is 4.78. The largest absolute Gasteiger partial charge is 0.493 e. The molecule has 0 atom stereocenters. The fourth-order valence-electron chi connectivity index (χ4n) is 3.43. The van der Waals surface area contributed by atoms with E-state index in [4.69, 9.17) is 4.74 Å². The molecule has 0 aliphatic carbocycles. The molecule has 25 heavy (non-hydrogen) atoms. The lowest BCUT2D eigenvalue weighted by molar-refractivity contribution is 0.0628. The Morgan fingerprint density at radius 3 is 2.72 bits per heavy atom. The van der Waals surface area contributed by atoms with E-state index in [1.807, 2.05) is 4.90 Å². The lowest BCUT2D eigenvalue weighted by Gasteiger charge is -2.34. The number of piperazine rings is 1. The number of hydrogen-bond donors (Lipinski definition) is 1. The summed E-state index contributed by atoms with van der Waals surface area (Å²) in [5.74, 6) is 0.991. The lowest BCUT2D eigenvalue weighted by Crippen LogP contribution is -2.48. The summed E-state index contributed by atoms with van der Waals surface area (Å²) in [5, 5.41) is 0. The number of fused-ring (bicyclic) bond motifs is 1. The number of amides is 1. The van der Waals surface area contributed by atoms with E-state index < -0.39 is 0 Å². The number of carbonyl (C=O) groups excluding carboxylic acids is 1. The van der Waals surface area contributed by atoms with Crippen molar-refractivity contribution in [1.29, 1.82) is 0 Å². The Labute approximate surface area is 146 Å². The third kappa shape index (κ3) is 3.44. The molecule has 130 valence electrons. The Morgan fingerprint density at radius 1 is 1.12 bits per heavy atom. The third-order valence-electron chi connectivity index (χ3n) is 4.85. The van der Waals surface area contributed by atoms with Crippen molar-refractivity contribution in [1.82, 2.24) is 14.8 Å². The lowest BCUT2D eigenvalue weighted by atomic mass is 10.1. The minimum absolute atomic E-state index is 0.0226. The van der Waals surface area contributed by atoms with E-state index in [0.717, 1.165) is 38.4 Å². The number of nitrogens with zero attached hydrogens (tertiary/aromatic N) is 2. The fourth-order valence-corrected chi connectivity index (χ4v) is 3.43. The summed E-state index contributed by atoms with van der Waals surface area (Å²) in [4.78, 5) is 30.4. The molecule has 0 saturated carbocycles. The predicted octanol–water partition coefficient (Wildman–Crippen LogP) is 1.27. The highest BCUT2D eigenvalue weighted by Crippen LogP contribution is 2.26. The van der Waals surface area contributed by atoms with E-state index in [2.05, 4.69) is 28.1 Å². The molecule has 1 saturated heterocycles. The third-order valence-corrected chi connectivity index (χ3v) is 4.85. The number of aromatic amines is 1. The summed E-state index contributed by atoms with van der Waals surface area (Å²) in [6, 6.07) is 9.40. The molecular formula is C19H21N3O3. The number of carbonyl (C=O) groups is 1. The molecule has 0 spiro atoms. The minimum atomic E-state index is -0.193. The fraction of sp³-hybridized carbons (Fsp3) is 0.368. The highest BCUT2D eigenvalue weighted by Gasteiger charge is 2.22. The summed E-state index contributed by atoms with van der Waals surface area (Å²) in [7, 11) is 0. The Bertz CT molecular complexity index is 818. The maximum atomic E-state index is 12.5. The highest BCUT2D eigenvalue weighted by molar-refractivity contribution is 5.93. The van der Waals surface area contributed by atoms with Crippen molar-refractivity contribution in [3.05, 3.63) is 63.6 Å². The van der Waals surface area contributed by atoms with Crippen LogP contribution in [0.2, 0.25) is 0 Å². The molecule has 6 nitrogen and oxygen atoms in total. The van der Waals surface area contributed by atoms with Gasteiger partial charge in [-0.2, -0.15) is 0 Å². The Balaban J connectivity index is 1.34. The number of rotatable bonds is 3. The van der Waals surface area contributed by atoms with Crippen LogP contribution >= 0.6 is 0 Å². The van der Waals surface area contributed by atoms with Gasteiger partial charge in [0, 0.05) is 51.4 Å². The zero-order valence-corrected chi connectivity index (χ0v) is 14.0. The van der Waals surface area contributed by atoms with E-state index >= 15 is 0 Å². The van der Waals surface area contributed by atoms with Crippen LogP contribution in [0.4, 0.5) is 0 Å². The first-order valence-corrected chi connectivity index (χ1v) is 8.64. The zero-order chi connectivity index (χ0) is 17.2. The van der Waals surface area contributed by atoms with Gasteiger partial charge in [0.05, 0.1) is 12.2 Å². The number of nitrogens with one attached hydrogen (secondary N) is 1. The van der Waals surface area contributed by atoms with E-state index in [1.54, 1.807) is 6.07 Å². The average Bonchev–Trinajstić information content (AvgIpc) is 3.10. The first-order valence-electron chi connectivity index (χ1n) is 8.64. The Morgan fingerprint density at radius 2 is 1.96 bits per heavy atom. The van der Waals surface area contributed by atoms with Crippen molar-refractivity contribution >= 4 is 5.91 Å². The van der Waals surface area contributed by atoms with E-state index in [-0.39, 0.29) is 11.5 Å². The van der Waals surface area contributed by atoms with E-state index in [0.29, 0.717) is 18.7 Å². The number of ether oxygens (including phenoxy) is 1. The quantitative estimate of drug-likeness (QED) is 0.915. The SMILES string of the molecule is O=C(c1ccc(=O)[nH]c1)N1CCN(Cc2ccc3c(c2)CCO3)CC1. The highest BCUT2D eigenvalue weighted by atomic mass is 16.5. The molecule has 6 heteroatoms. The van der Waals surface area contributed by atoms with Gasteiger partial charge in [0.1, 0.15) is 5.75 Å². The Kier molecular flexibility index (Phi) is 4.28. The molecule has 1 amide bonds. The van der Waals surface area contributed by atoms with Gasteiger partial charge in [-0.1, -0.05) is 12.1 Å². The van der Waals surface area contributed by atoms with Crippen LogP contribution in [0.3, 0.4) is 0 Å². The molecule has 2 aliphatic heterocycles. The van der Waals surface area contributed by atoms with Crippen molar-refractivity contribution in [2.45, 2.75) is 13.0 Å². The predicted molar refractivity (Wildman–Crippen MR) is 93.9 cm³/mol. The van der Waals surface area contributed by atoms with Crippen LogP contribution in [0.5, 0.6) is 5.75 Å². The van der Waals surface area contributed by atoms with E-state index in [1.165, 1.54) is 23.4 Å². The number of hydrogen-bond acceptors (Lipinski definition) is 4. The molecule has 1 aromatic heterocycles. The van der Waals surface area contributed by atoms with Gasteiger partial charge in [-0.3, -0.25) is 14.5 Å². The topological polar surface area (TPSA) is 65.6 Å². The Hall–Kier alpha value is -2.60. The molecule has 1 N–H and O–H groups in total. The van der Waals surface area contributed by atoms with Gasteiger partial charge in [-0.25, -0.2) is 0 Å². The number of H-pyrrole nitrogens is 1. The smallest absolute Gasteiger partial charge is 0.255 e. The van der Waals surface area contributed by atoms with Crippen LogP contribution in [0, 0.1) is 0 Å². The number of pyridine rings is 1. The van der Waals surface area contributed by atoms with Gasteiger partial charge in [0.15, 0.2) is 0 Å². The van der Waals surface area contributed by atoms with Crippen LogP contribution in [-0.2, 0) is 13.0 Å². The van der Waals surface area contributed by atoms with Crippen molar-refractivity contribution in [3.63, 3.8) is 0 Å². The van der Waals surface area contributed by atoms with E-state index in [9.17, 15) is 9.59 Å². The van der Waals surface area contributed by atoms with Crippen LogP contribution in [0.25, 0.3) is 0 Å². The molecule has 3 heterocycles. The van der Waals surface area contributed by atoms with Crippen molar-refractivity contribution < 1.29 is 9.53 Å². The van der Waals surface area contributed by atoms with Gasteiger partial charge in [-0.05, 0) is 23.3 Å². The molecule has 4 rings (SSSR count). The molecule has 0 unspecified atom stereocenters. The minimum Gasteiger partial charge on any atom is -0.493 e. The van der Waals surface area contributed by atoms with Gasteiger partial charge < -0.3 is 14.6 Å². The maximum absolute atomic E-state index is 12.5. The second kappa shape index (κ2) is 6.72. The summed E-state index contributed by atoms with van der Waals surface area (Å²) >= 11 is 0. The summed E-state index contributed by atoms with van der Waals surface area (Å²) in [6.07, 6.45) is 2.48. The number of benzene rings is 1. The number of aromatic nitrogens is 1. The molecular weight excluding hydrogens is 318 g/mol. The second-order valence-corrected chi connectivity index (χ2v) is 6.55. The van der Waals surface area contributed by atoms with Crippen molar-refractivity contribution in [2.75, 3.05) is 32.8 Å². The molecule has 1 aromatic carbocycles. The first kappa shape index (κ1) is 15.9. The molecule has 1 fully saturated rings. The van der Waals surface area contributed by atoms with Gasteiger partial charge in [0.2, 0.25) is 5.56 Å². The van der Waals surface area contributed by atoms with Gasteiger partial charge >= 0.3 is 0 Å². The standard InChI is InChI=1S/C19H21N3O3/c23-18-4-2-16(12-20-18)19(24)22-8-6-21(7-9-22)13-14-1-3-17-15(11-14)5-10-25-17/h1-4,11-12H,5-10,13H2,(H,20,23). The van der Waals surface area contributed by atoms with Gasteiger partial charge in [-0.15, -0.1) is 0 Å². The maximum Gasteiger partial charge on any atom is 0.255 e. The van der Waals surface area contributed by atoms with Crippen LogP contribution < -0.4 is 10.3 Å². The zero-order valence-electron chi connectivity index (χ0n) is 14.0. The summed E-state index contributed by atoms with van der Waals surface area (Å²) in [5.41, 5.74) is 2.93. The van der Waals surface area contributed by atoms with Crippen LogP contribution in [0.1, 0.15) is 21.5 Å². The molecule has 2 aliphatic rings. The van der Waals surface area contributed by atoms with Crippen LogP contribution in [0.15, 0.2) is 41.3 Å². The van der Waals surface area contributed by atoms with Gasteiger partial charge in [0.25, 0.3) is 5.91 Å². The van der Waals surface area contributed by atoms with Crippen LogP contribution in [-0.4, -0.2) is 53.5 Å². The average molecular weight is 339 g/mol. The normalized spacial score (nSPS) is 17.2. The molecule has 2 aromatic rings.